The van der Waals surface area contributed by atoms with Crippen LogP contribution in [-0.4, -0.2) is 42.9 Å². The Morgan fingerprint density at radius 2 is 1.68 bits per heavy atom. The summed E-state index contributed by atoms with van der Waals surface area (Å²) in [6, 6.07) is 6.26. The minimum atomic E-state index is -0.410. The average Bonchev–Trinajstić information content (AvgIpc) is 3.02. The van der Waals surface area contributed by atoms with E-state index in [4.69, 9.17) is 9.47 Å². The average molecular weight is 301 g/mol. The lowest BCUT2D eigenvalue weighted by Gasteiger charge is -2.37. The lowest BCUT2D eigenvalue weighted by Crippen LogP contribution is -2.47. The molecular formula is C18H23NO3. The van der Waals surface area contributed by atoms with Gasteiger partial charge in [-0.1, -0.05) is 6.07 Å². The maximum Gasteiger partial charge on any atom is 0.253 e. The molecule has 2 heterocycles. The normalized spacial score (nSPS) is 23.5. The van der Waals surface area contributed by atoms with Crippen LogP contribution < -0.4 is 0 Å². The van der Waals surface area contributed by atoms with Gasteiger partial charge in [0.2, 0.25) is 0 Å². The van der Waals surface area contributed by atoms with Gasteiger partial charge in [0.1, 0.15) is 0 Å². The van der Waals surface area contributed by atoms with Gasteiger partial charge in [0.05, 0.1) is 13.2 Å². The van der Waals surface area contributed by atoms with Crippen molar-refractivity contribution in [1.29, 1.82) is 0 Å². The van der Waals surface area contributed by atoms with Crippen LogP contribution in [0.3, 0.4) is 0 Å². The number of carbonyl (C=O) groups excluding carboxylic acids is 1. The first-order valence-electron chi connectivity index (χ1n) is 8.45. The van der Waals surface area contributed by atoms with Gasteiger partial charge in [-0.3, -0.25) is 4.79 Å². The number of fused-ring (bicyclic) bond motifs is 1. The maximum atomic E-state index is 12.7. The Hall–Kier alpha value is -1.39. The van der Waals surface area contributed by atoms with Gasteiger partial charge in [-0.2, -0.15) is 0 Å². The van der Waals surface area contributed by atoms with Crippen LogP contribution >= 0.6 is 0 Å². The number of hydrogen-bond acceptors (Lipinski definition) is 3. The van der Waals surface area contributed by atoms with Gasteiger partial charge in [0.25, 0.3) is 5.91 Å². The molecule has 1 amide bonds. The summed E-state index contributed by atoms with van der Waals surface area (Å²) in [5.74, 6) is -0.256. The highest BCUT2D eigenvalue weighted by Gasteiger charge is 2.40. The van der Waals surface area contributed by atoms with Gasteiger partial charge in [-0.25, -0.2) is 0 Å². The zero-order valence-electron chi connectivity index (χ0n) is 13.0. The van der Waals surface area contributed by atoms with Gasteiger partial charge in [-0.05, 0) is 48.9 Å². The number of rotatable bonds is 1. The largest absolute Gasteiger partial charge is 0.347 e. The molecule has 3 aliphatic rings. The number of ether oxygens (including phenoxy) is 2. The second-order valence-corrected chi connectivity index (χ2v) is 6.59. The molecule has 4 rings (SSSR count). The third-order valence-corrected chi connectivity index (χ3v) is 5.22. The highest BCUT2D eigenvalue weighted by molar-refractivity contribution is 5.94. The minimum absolute atomic E-state index is 0.154. The fourth-order valence-electron chi connectivity index (χ4n) is 3.89. The van der Waals surface area contributed by atoms with Crippen molar-refractivity contribution in [2.24, 2.45) is 0 Å². The Balaban J connectivity index is 1.46. The van der Waals surface area contributed by atoms with Crippen LogP contribution in [0.5, 0.6) is 0 Å². The van der Waals surface area contributed by atoms with Crippen molar-refractivity contribution >= 4 is 5.91 Å². The van der Waals surface area contributed by atoms with E-state index in [0.717, 1.165) is 44.3 Å². The molecule has 1 aromatic carbocycles. The molecule has 0 atom stereocenters. The summed E-state index contributed by atoms with van der Waals surface area (Å²) < 4.78 is 11.5. The van der Waals surface area contributed by atoms with Gasteiger partial charge >= 0.3 is 0 Å². The topological polar surface area (TPSA) is 38.8 Å². The molecule has 0 aromatic heterocycles. The Morgan fingerprint density at radius 1 is 1.00 bits per heavy atom. The molecule has 1 spiro atoms. The fraction of sp³-hybridized carbons (Fsp3) is 0.611. The highest BCUT2D eigenvalue weighted by Crippen LogP contribution is 2.32. The number of amides is 1. The molecule has 2 aliphatic heterocycles. The van der Waals surface area contributed by atoms with E-state index in [0.29, 0.717) is 13.2 Å². The van der Waals surface area contributed by atoms with Gasteiger partial charge < -0.3 is 14.4 Å². The fourth-order valence-corrected chi connectivity index (χ4v) is 3.89. The Labute approximate surface area is 131 Å². The van der Waals surface area contributed by atoms with Crippen LogP contribution in [0.15, 0.2) is 18.2 Å². The number of likely N-dealkylation sites (tertiary alicyclic amines) is 1. The van der Waals surface area contributed by atoms with E-state index in [1.54, 1.807) is 0 Å². The first-order chi connectivity index (χ1) is 10.8. The molecule has 0 unspecified atom stereocenters. The van der Waals surface area contributed by atoms with E-state index < -0.39 is 5.79 Å². The Kier molecular flexibility index (Phi) is 3.66. The lowest BCUT2D eigenvalue weighted by molar-refractivity contribution is -0.181. The van der Waals surface area contributed by atoms with E-state index in [1.807, 2.05) is 11.0 Å². The summed E-state index contributed by atoms with van der Waals surface area (Å²) in [5.41, 5.74) is 3.63. The van der Waals surface area contributed by atoms with Crippen molar-refractivity contribution in [2.45, 2.75) is 44.3 Å². The van der Waals surface area contributed by atoms with Crippen LogP contribution in [0.1, 0.15) is 47.2 Å². The quantitative estimate of drug-likeness (QED) is 0.800. The van der Waals surface area contributed by atoms with E-state index in [2.05, 4.69) is 12.1 Å². The van der Waals surface area contributed by atoms with Gasteiger partial charge in [0.15, 0.2) is 5.79 Å². The van der Waals surface area contributed by atoms with Crippen molar-refractivity contribution < 1.29 is 14.3 Å². The van der Waals surface area contributed by atoms with E-state index in [-0.39, 0.29) is 5.91 Å². The SMILES string of the molecule is O=C(c1ccc2c(c1)CCCC2)N1CCC2(CC1)OCCO2. The molecule has 0 radical (unpaired) electrons. The monoisotopic (exact) mass is 301 g/mol. The molecule has 0 bridgehead atoms. The molecule has 1 aromatic rings. The molecule has 0 N–H and O–H groups in total. The summed E-state index contributed by atoms with van der Waals surface area (Å²) in [5, 5.41) is 0. The van der Waals surface area contributed by atoms with Crippen molar-refractivity contribution in [3.8, 4) is 0 Å². The summed E-state index contributed by atoms with van der Waals surface area (Å²) in [7, 11) is 0. The number of hydrogen-bond donors (Lipinski definition) is 0. The zero-order chi connectivity index (χ0) is 15.0. The van der Waals surface area contributed by atoms with Crippen LogP contribution in [0.25, 0.3) is 0 Å². The second kappa shape index (κ2) is 5.67. The standard InChI is InChI=1S/C18H23NO3/c20-17(16-6-5-14-3-1-2-4-15(14)13-16)19-9-7-18(8-10-19)21-11-12-22-18/h5-6,13H,1-4,7-12H2. The van der Waals surface area contributed by atoms with Crippen LogP contribution in [0.4, 0.5) is 0 Å². The van der Waals surface area contributed by atoms with E-state index in [9.17, 15) is 4.79 Å². The molecule has 0 saturated carbocycles. The summed E-state index contributed by atoms with van der Waals surface area (Å²) in [6.45, 7) is 2.80. The molecule has 4 heteroatoms. The molecule has 2 fully saturated rings. The number of aryl methyl sites for hydroxylation is 2. The number of benzene rings is 1. The third kappa shape index (κ3) is 2.55. The summed E-state index contributed by atoms with van der Waals surface area (Å²) in [6.07, 6.45) is 6.35. The number of nitrogens with zero attached hydrogens (tertiary/aromatic N) is 1. The van der Waals surface area contributed by atoms with Crippen molar-refractivity contribution in [1.82, 2.24) is 4.90 Å². The van der Waals surface area contributed by atoms with Gasteiger partial charge in [0, 0.05) is 31.5 Å². The van der Waals surface area contributed by atoms with Crippen molar-refractivity contribution in [3.05, 3.63) is 34.9 Å². The molecular weight excluding hydrogens is 278 g/mol. The third-order valence-electron chi connectivity index (χ3n) is 5.22. The molecule has 1 aliphatic carbocycles. The summed E-state index contributed by atoms with van der Waals surface area (Å²) in [4.78, 5) is 14.7. The second-order valence-electron chi connectivity index (χ2n) is 6.59. The summed E-state index contributed by atoms with van der Waals surface area (Å²) >= 11 is 0. The zero-order valence-corrected chi connectivity index (χ0v) is 13.0. The molecule has 4 nitrogen and oxygen atoms in total. The Bertz CT molecular complexity index is 568. The smallest absolute Gasteiger partial charge is 0.253 e. The van der Waals surface area contributed by atoms with Crippen LogP contribution in [-0.2, 0) is 22.3 Å². The molecule has 118 valence electrons. The lowest BCUT2D eigenvalue weighted by atomic mass is 9.90. The molecule has 2 saturated heterocycles. The first-order valence-corrected chi connectivity index (χ1v) is 8.45. The van der Waals surface area contributed by atoms with Crippen LogP contribution in [0, 0.1) is 0 Å². The predicted octanol–water partition coefficient (Wildman–Crippen LogP) is 2.54. The molecule has 22 heavy (non-hydrogen) atoms. The minimum Gasteiger partial charge on any atom is -0.347 e. The van der Waals surface area contributed by atoms with E-state index >= 15 is 0 Å². The first kappa shape index (κ1) is 14.2. The highest BCUT2D eigenvalue weighted by atomic mass is 16.7. The van der Waals surface area contributed by atoms with Gasteiger partial charge in [-0.15, -0.1) is 0 Å². The predicted molar refractivity (Wildman–Crippen MR) is 82.9 cm³/mol. The van der Waals surface area contributed by atoms with Crippen molar-refractivity contribution in [2.75, 3.05) is 26.3 Å². The number of carbonyl (C=O) groups is 1. The van der Waals surface area contributed by atoms with Crippen LogP contribution in [0.2, 0.25) is 0 Å². The van der Waals surface area contributed by atoms with Crippen molar-refractivity contribution in [3.63, 3.8) is 0 Å². The maximum absolute atomic E-state index is 12.7. The van der Waals surface area contributed by atoms with E-state index in [1.165, 1.54) is 24.0 Å². The number of piperidine rings is 1. The Morgan fingerprint density at radius 3 is 2.41 bits per heavy atom.